The maximum absolute atomic E-state index is 9.73. The second kappa shape index (κ2) is 5.95. The Morgan fingerprint density at radius 1 is 1.05 bits per heavy atom. The van der Waals surface area contributed by atoms with Gasteiger partial charge in [0.1, 0.15) is 5.54 Å². The third-order valence-corrected chi connectivity index (χ3v) is 4.75. The molecule has 2 aliphatic heterocycles. The van der Waals surface area contributed by atoms with Gasteiger partial charge >= 0.3 is 0 Å². The van der Waals surface area contributed by atoms with Crippen molar-refractivity contribution in [2.75, 3.05) is 26.2 Å². The highest BCUT2D eigenvalue weighted by molar-refractivity contribution is 5.18. The molecule has 0 radical (unpaired) electrons. The van der Waals surface area contributed by atoms with Crippen molar-refractivity contribution in [3.8, 4) is 6.07 Å². The highest BCUT2D eigenvalue weighted by atomic mass is 15.3. The SMILES string of the molecule is N#CC1(N2CCCCC2)CCN(Cc2ccccc2)C1. The van der Waals surface area contributed by atoms with Crippen LogP contribution in [0.1, 0.15) is 31.2 Å². The van der Waals surface area contributed by atoms with Crippen LogP contribution < -0.4 is 0 Å². The van der Waals surface area contributed by atoms with Gasteiger partial charge in [-0.25, -0.2) is 0 Å². The van der Waals surface area contributed by atoms with Gasteiger partial charge in [0, 0.05) is 19.6 Å². The summed E-state index contributed by atoms with van der Waals surface area (Å²) < 4.78 is 0. The lowest BCUT2D eigenvalue weighted by Gasteiger charge is -2.38. The molecule has 3 heteroatoms. The molecule has 1 atom stereocenters. The van der Waals surface area contributed by atoms with Crippen LogP contribution in [0, 0.1) is 11.3 Å². The quantitative estimate of drug-likeness (QED) is 0.845. The van der Waals surface area contributed by atoms with Gasteiger partial charge in [-0.05, 0) is 37.9 Å². The van der Waals surface area contributed by atoms with Gasteiger partial charge in [0.15, 0.2) is 0 Å². The molecule has 106 valence electrons. The third kappa shape index (κ3) is 2.72. The molecule has 0 saturated carbocycles. The topological polar surface area (TPSA) is 30.3 Å². The largest absolute Gasteiger partial charge is 0.296 e. The Labute approximate surface area is 121 Å². The number of benzene rings is 1. The van der Waals surface area contributed by atoms with E-state index in [-0.39, 0.29) is 5.54 Å². The lowest BCUT2D eigenvalue weighted by Crippen LogP contribution is -2.51. The lowest BCUT2D eigenvalue weighted by molar-refractivity contribution is 0.113. The Morgan fingerprint density at radius 3 is 2.50 bits per heavy atom. The van der Waals surface area contributed by atoms with E-state index in [9.17, 15) is 5.26 Å². The Kier molecular flexibility index (Phi) is 4.05. The smallest absolute Gasteiger partial charge is 0.123 e. The summed E-state index contributed by atoms with van der Waals surface area (Å²) in [5.74, 6) is 0. The van der Waals surface area contributed by atoms with Crippen LogP contribution in [0.5, 0.6) is 0 Å². The molecule has 0 aromatic heterocycles. The van der Waals surface area contributed by atoms with Crippen LogP contribution >= 0.6 is 0 Å². The minimum absolute atomic E-state index is 0.227. The van der Waals surface area contributed by atoms with Crippen molar-refractivity contribution in [2.45, 2.75) is 37.8 Å². The van der Waals surface area contributed by atoms with E-state index in [1.165, 1.54) is 24.8 Å². The van der Waals surface area contributed by atoms with Crippen molar-refractivity contribution >= 4 is 0 Å². The fraction of sp³-hybridized carbons (Fsp3) is 0.588. The minimum Gasteiger partial charge on any atom is -0.296 e. The standard InChI is InChI=1S/C17H23N3/c18-14-17(20-10-5-2-6-11-20)9-12-19(15-17)13-16-7-3-1-4-8-16/h1,3-4,7-8H,2,5-6,9-13,15H2. The Bertz CT molecular complexity index is 473. The molecule has 0 bridgehead atoms. The zero-order valence-corrected chi connectivity index (χ0v) is 12.1. The number of nitrogens with zero attached hydrogens (tertiary/aromatic N) is 3. The summed E-state index contributed by atoms with van der Waals surface area (Å²) in [6, 6.07) is 13.2. The highest BCUT2D eigenvalue weighted by Crippen LogP contribution is 2.31. The number of likely N-dealkylation sites (tertiary alicyclic amines) is 2. The van der Waals surface area contributed by atoms with Crippen molar-refractivity contribution in [3.05, 3.63) is 35.9 Å². The maximum Gasteiger partial charge on any atom is 0.123 e. The lowest BCUT2D eigenvalue weighted by atomic mass is 9.95. The fourth-order valence-electron chi connectivity index (χ4n) is 3.59. The summed E-state index contributed by atoms with van der Waals surface area (Å²) in [5.41, 5.74) is 1.12. The minimum atomic E-state index is -0.227. The van der Waals surface area contributed by atoms with Gasteiger partial charge in [-0.3, -0.25) is 9.80 Å². The van der Waals surface area contributed by atoms with E-state index < -0.39 is 0 Å². The van der Waals surface area contributed by atoms with E-state index in [2.05, 4.69) is 46.2 Å². The van der Waals surface area contributed by atoms with Gasteiger partial charge < -0.3 is 0 Å². The molecule has 3 rings (SSSR count). The Hall–Kier alpha value is -1.37. The van der Waals surface area contributed by atoms with Gasteiger partial charge in [-0.1, -0.05) is 36.8 Å². The molecule has 1 aromatic carbocycles. The molecule has 1 aromatic rings. The molecule has 2 saturated heterocycles. The normalized spacial score (nSPS) is 28.4. The first-order valence-corrected chi connectivity index (χ1v) is 7.75. The van der Waals surface area contributed by atoms with Crippen molar-refractivity contribution in [1.29, 1.82) is 5.26 Å². The summed E-state index contributed by atoms with van der Waals surface area (Å²) in [5, 5.41) is 9.73. The summed E-state index contributed by atoms with van der Waals surface area (Å²) >= 11 is 0. The fourth-order valence-corrected chi connectivity index (χ4v) is 3.59. The van der Waals surface area contributed by atoms with Crippen molar-refractivity contribution in [1.82, 2.24) is 9.80 Å². The monoisotopic (exact) mass is 269 g/mol. The summed E-state index contributed by atoms with van der Waals surface area (Å²) in [6.45, 7) is 5.12. The molecule has 0 spiro atoms. The van der Waals surface area contributed by atoms with Gasteiger partial charge in [0.25, 0.3) is 0 Å². The second-order valence-corrected chi connectivity index (χ2v) is 6.14. The van der Waals surface area contributed by atoms with Gasteiger partial charge in [0.2, 0.25) is 0 Å². The molecule has 0 N–H and O–H groups in total. The predicted octanol–water partition coefficient (Wildman–Crippen LogP) is 2.64. The molecule has 1 unspecified atom stereocenters. The van der Waals surface area contributed by atoms with Crippen molar-refractivity contribution < 1.29 is 0 Å². The molecule has 3 nitrogen and oxygen atoms in total. The van der Waals surface area contributed by atoms with Gasteiger partial charge in [0.05, 0.1) is 6.07 Å². The first-order valence-electron chi connectivity index (χ1n) is 7.75. The zero-order chi connectivity index (χ0) is 13.8. The Balaban J connectivity index is 1.66. The third-order valence-electron chi connectivity index (χ3n) is 4.75. The summed E-state index contributed by atoms with van der Waals surface area (Å²) in [4.78, 5) is 4.88. The van der Waals surface area contributed by atoms with Crippen molar-refractivity contribution in [3.63, 3.8) is 0 Å². The summed E-state index contributed by atoms with van der Waals surface area (Å²) in [7, 11) is 0. The molecule has 2 aliphatic rings. The second-order valence-electron chi connectivity index (χ2n) is 6.14. The number of hydrogen-bond donors (Lipinski definition) is 0. The van der Waals surface area contributed by atoms with E-state index in [0.717, 1.165) is 39.1 Å². The summed E-state index contributed by atoms with van der Waals surface area (Å²) in [6.07, 6.45) is 4.83. The van der Waals surface area contributed by atoms with E-state index in [4.69, 9.17) is 0 Å². The van der Waals surface area contributed by atoms with E-state index >= 15 is 0 Å². The first-order chi connectivity index (χ1) is 9.82. The zero-order valence-electron chi connectivity index (χ0n) is 12.1. The predicted molar refractivity (Wildman–Crippen MR) is 80.1 cm³/mol. The Morgan fingerprint density at radius 2 is 1.80 bits per heavy atom. The van der Waals surface area contributed by atoms with Crippen LogP contribution in [-0.2, 0) is 6.54 Å². The van der Waals surface area contributed by atoms with Crippen LogP contribution in [0.4, 0.5) is 0 Å². The highest BCUT2D eigenvalue weighted by Gasteiger charge is 2.43. The average Bonchev–Trinajstić information content (AvgIpc) is 2.94. The van der Waals surface area contributed by atoms with Crippen LogP contribution in [-0.4, -0.2) is 41.5 Å². The molecule has 20 heavy (non-hydrogen) atoms. The number of hydrogen-bond acceptors (Lipinski definition) is 3. The molecule has 0 amide bonds. The average molecular weight is 269 g/mol. The molecule has 2 heterocycles. The maximum atomic E-state index is 9.73. The van der Waals surface area contributed by atoms with E-state index in [0.29, 0.717) is 0 Å². The van der Waals surface area contributed by atoms with Crippen molar-refractivity contribution in [2.24, 2.45) is 0 Å². The number of nitriles is 1. The van der Waals surface area contributed by atoms with Crippen LogP contribution in [0.25, 0.3) is 0 Å². The molecular weight excluding hydrogens is 246 g/mol. The van der Waals surface area contributed by atoms with Gasteiger partial charge in [-0.2, -0.15) is 5.26 Å². The molecular formula is C17H23N3. The van der Waals surface area contributed by atoms with E-state index in [1.54, 1.807) is 0 Å². The number of piperidine rings is 1. The molecule has 2 fully saturated rings. The first kappa shape index (κ1) is 13.6. The number of rotatable bonds is 3. The molecule has 0 aliphatic carbocycles. The van der Waals surface area contributed by atoms with Crippen LogP contribution in [0.2, 0.25) is 0 Å². The van der Waals surface area contributed by atoms with Crippen LogP contribution in [0.15, 0.2) is 30.3 Å². The van der Waals surface area contributed by atoms with Gasteiger partial charge in [-0.15, -0.1) is 0 Å². The van der Waals surface area contributed by atoms with Crippen LogP contribution in [0.3, 0.4) is 0 Å². The van der Waals surface area contributed by atoms with E-state index in [1.807, 2.05) is 0 Å².